The second kappa shape index (κ2) is 5.19. The van der Waals surface area contributed by atoms with Crippen LogP contribution in [0.2, 0.25) is 5.02 Å². The summed E-state index contributed by atoms with van der Waals surface area (Å²) in [5.41, 5.74) is 8.09. The molecule has 8 heteroatoms. The summed E-state index contributed by atoms with van der Waals surface area (Å²) < 4.78 is 1.64. The van der Waals surface area contributed by atoms with Crippen molar-refractivity contribution < 1.29 is 9.90 Å². The lowest BCUT2D eigenvalue weighted by Gasteiger charge is -2.11. The number of anilines is 2. The summed E-state index contributed by atoms with van der Waals surface area (Å²) in [6, 6.07) is 5.14. The number of amides is 1. The maximum Gasteiger partial charge on any atom is 0.411 e. The van der Waals surface area contributed by atoms with Crippen LogP contribution in [0.1, 0.15) is 0 Å². The second-order valence-electron chi connectivity index (χ2n) is 4.73. The Morgan fingerprint density at radius 2 is 2.18 bits per heavy atom. The van der Waals surface area contributed by atoms with Gasteiger partial charge < -0.3 is 10.8 Å². The van der Waals surface area contributed by atoms with Crippen LogP contribution in [-0.2, 0) is 0 Å². The third kappa shape index (κ3) is 2.42. The van der Waals surface area contributed by atoms with Crippen molar-refractivity contribution in [2.75, 3.05) is 17.7 Å². The molecule has 112 valence electrons. The van der Waals surface area contributed by atoms with Gasteiger partial charge in [-0.3, -0.25) is 9.30 Å². The minimum Gasteiger partial charge on any atom is -0.465 e. The lowest BCUT2D eigenvalue weighted by molar-refractivity contribution is 0.203. The number of nitrogens with two attached hydrogens (primary N) is 1. The Bertz CT molecular complexity index is 877. The average Bonchev–Trinajstić information content (AvgIpc) is 2.91. The molecule has 0 bridgehead atoms. The van der Waals surface area contributed by atoms with Crippen LogP contribution in [0.5, 0.6) is 0 Å². The van der Waals surface area contributed by atoms with Crippen LogP contribution < -0.4 is 10.6 Å². The number of fused-ring (bicyclic) bond motifs is 1. The molecule has 1 amide bonds. The molecule has 0 aliphatic heterocycles. The molecule has 2 heterocycles. The van der Waals surface area contributed by atoms with Crippen molar-refractivity contribution in [2.24, 2.45) is 0 Å². The van der Waals surface area contributed by atoms with Crippen molar-refractivity contribution in [1.82, 2.24) is 14.4 Å². The van der Waals surface area contributed by atoms with Crippen molar-refractivity contribution in [3.8, 4) is 11.3 Å². The number of aromatic nitrogens is 3. The van der Waals surface area contributed by atoms with Gasteiger partial charge in [0.05, 0.1) is 22.6 Å². The van der Waals surface area contributed by atoms with E-state index in [9.17, 15) is 4.79 Å². The molecule has 0 radical (unpaired) electrons. The minimum absolute atomic E-state index is 0.433. The zero-order valence-electron chi connectivity index (χ0n) is 11.6. The van der Waals surface area contributed by atoms with E-state index in [1.54, 1.807) is 35.0 Å². The number of halogens is 1. The van der Waals surface area contributed by atoms with Crippen molar-refractivity contribution in [3.63, 3.8) is 0 Å². The Kier molecular flexibility index (Phi) is 3.34. The van der Waals surface area contributed by atoms with Crippen LogP contribution in [-0.4, -0.2) is 32.6 Å². The molecule has 0 unspecified atom stereocenters. The van der Waals surface area contributed by atoms with Crippen LogP contribution >= 0.6 is 11.6 Å². The highest BCUT2D eigenvalue weighted by molar-refractivity contribution is 6.33. The third-order valence-electron chi connectivity index (χ3n) is 3.24. The van der Waals surface area contributed by atoms with E-state index >= 15 is 0 Å². The van der Waals surface area contributed by atoms with Gasteiger partial charge in [-0.2, -0.15) is 0 Å². The number of hydrogen-bond acceptors (Lipinski definition) is 4. The van der Waals surface area contributed by atoms with Crippen LogP contribution in [0.4, 0.5) is 16.2 Å². The van der Waals surface area contributed by atoms with Gasteiger partial charge in [0, 0.05) is 30.7 Å². The third-order valence-corrected chi connectivity index (χ3v) is 3.57. The minimum atomic E-state index is -1.07. The maximum absolute atomic E-state index is 11.0. The molecule has 0 atom stereocenters. The number of benzene rings is 1. The Balaban J connectivity index is 2.10. The molecule has 2 aromatic heterocycles. The molecular weight excluding hydrogens is 306 g/mol. The first-order chi connectivity index (χ1) is 10.5. The highest BCUT2D eigenvalue weighted by Gasteiger charge is 2.13. The van der Waals surface area contributed by atoms with Crippen molar-refractivity contribution in [2.45, 2.75) is 0 Å². The SMILES string of the molecule is CN(C(=O)O)c1cnc2nc(-c3cc(N)ccc3Cl)cn2c1. The van der Waals surface area contributed by atoms with E-state index in [0.29, 0.717) is 33.4 Å². The van der Waals surface area contributed by atoms with E-state index in [4.69, 9.17) is 22.4 Å². The molecule has 1 aromatic carbocycles. The Morgan fingerprint density at radius 1 is 1.41 bits per heavy atom. The standard InChI is InChI=1S/C14H12ClN5O2/c1-19(14(21)22)9-5-17-13-18-12(7-20(13)6-9)10-4-8(16)2-3-11(10)15/h2-7H,16H2,1H3,(H,21,22). The topological polar surface area (TPSA) is 96.8 Å². The summed E-state index contributed by atoms with van der Waals surface area (Å²) in [5.74, 6) is 0.441. The predicted octanol–water partition coefficient (Wildman–Crippen LogP) is 2.75. The van der Waals surface area contributed by atoms with Gasteiger partial charge >= 0.3 is 6.09 Å². The maximum atomic E-state index is 11.0. The molecule has 0 aliphatic carbocycles. The van der Waals surface area contributed by atoms with E-state index in [2.05, 4.69) is 9.97 Å². The zero-order valence-corrected chi connectivity index (χ0v) is 12.3. The Hall–Kier alpha value is -2.80. The molecule has 0 saturated heterocycles. The van der Waals surface area contributed by atoms with Crippen molar-refractivity contribution in [3.05, 3.63) is 41.8 Å². The summed E-state index contributed by atoms with van der Waals surface area (Å²) in [7, 11) is 1.44. The fourth-order valence-electron chi connectivity index (χ4n) is 2.03. The summed E-state index contributed by atoms with van der Waals surface area (Å²) >= 11 is 6.17. The number of rotatable bonds is 2. The molecule has 0 spiro atoms. The van der Waals surface area contributed by atoms with E-state index in [1.165, 1.54) is 13.2 Å². The summed E-state index contributed by atoms with van der Waals surface area (Å²) in [6.45, 7) is 0. The largest absolute Gasteiger partial charge is 0.465 e. The highest BCUT2D eigenvalue weighted by atomic mass is 35.5. The summed E-state index contributed by atoms with van der Waals surface area (Å²) in [5, 5.41) is 9.53. The molecule has 0 fully saturated rings. The quantitative estimate of drug-likeness (QED) is 0.708. The number of nitrogens with zero attached hydrogens (tertiary/aromatic N) is 4. The normalized spacial score (nSPS) is 10.8. The monoisotopic (exact) mass is 317 g/mol. The first-order valence-corrected chi connectivity index (χ1v) is 6.70. The molecule has 0 saturated carbocycles. The second-order valence-corrected chi connectivity index (χ2v) is 5.13. The fraction of sp³-hybridized carbons (Fsp3) is 0.0714. The van der Waals surface area contributed by atoms with Crippen LogP contribution in [0.25, 0.3) is 17.0 Å². The number of nitrogen functional groups attached to an aromatic ring is 1. The molecule has 7 nitrogen and oxygen atoms in total. The van der Waals surface area contributed by atoms with Gasteiger partial charge in [-0.15, -0.1) is 0 Å². The van der Waals surface area contributed by atoms with Crippen LogP contribution in [0.3, 0.4) is 0 Å². The van der Waals surface area contributed by atoms with Gasteiger partial charge in [-0.25, -0.2) is 14.8 Å². The van der Waals surface area contributed by atoms with Gasteiger partial charge in [-0.1, -0.05) is 11.6 Å². The van der Waals surface area contributed by atoms with Crippen molar-refractivity contribution in [1.29, 1.82) is 0 Å². The Labute approximate surface area is 130 Å². The van der Waals surface area contributed by atoms with E-state index in [-0.39, 0.29) is 0 Å². The molecule has 22 heavy (non-hydrogen) atoms. The van der Waals surface area contributed by atoms with Crippen molar-refractivity contribution >= 4 is 34.8 Å². The highest BCUT2D eigenvalue weighted by Crippen LogP contribution is 2.29. The summed E-state index contributed by atoms with van der Waals surface area (Å²) in [6.07, 6.45) is 3.73. The number of imidazole rings is 1. The molecule has 3 N–H and O–H groups in total. The predicted molar refractivity (Wildman–Crippen MR) is 84.3 cm³/mol. The average molecular weight is 318 g/mol. The van der Waals surface area contributed by atoms with Gasteiger partial charge in [0.25, 0.3) is 0 Å². The van der Waals surface area contributed by atoms with Gasteiger partial charge in [0.2, 0.25) is 5.78 Å². The van der Waals surface area contributed by atoms with Crippen LogP contribution in [0.15, 0.2) is 36.8 Å². The van der Waals surface area contributed by atoms with Gasteiger partial charge in [0.1, 0.15) is 0 Å². The molecule has 0 aliphatic rings. The van der Waals surface area contributed by atoms with Gasteiger partial charge in [-0.05, 0) is 18.2 Å². The first kappa shape index (κ1) is 14.2. The number of carbonyl (C=O) groups is 1. The fourth-order valence-corrected chi connectivity index (χ4v) is 2.24. The van der Waals surface area contributed by atoms with E-state index < -0.39 is 6.09 Å². The van der Waals surface area contributed by atoms with Gasteiger partial charge in [0.15, 0.2) is 0 Å². The molecule has 3 aromatic rings. The molecular formula is C14H12ClN5O2. The smallest absolute Gasteiger partial charge is 0.411 e. The zero-order chi connectivity index (χ0) is 15.9. The molecule has 3 rings (SSSR count). The summed E-state index contributed by atoms with van der Waals surface area (Å²) in [4.78, 5) is 20.6. The first-order valence-electron chi connectivity index (χ1n) is 6.32. The van der Waals surface area contributed by atoms with Crippen LogP contribution in [0, 0.1) is 0 Å². The number of carboxylic acid groups (broad SMARTS) is 1. The van der Waals surface area contributed by atoms with E-state index in [0.717, 1.165) is 4.90 Å². The Morgan fingerprint density at radius 3 is 2.91 bits per heavy atom. The van der Waals surface area contributed by atoms with E-state index in [1.807, 2.05) is 0 Å². The number of hydrogen-bond donors (Lipinski definition) is 2. The lowest BCUT2D eigenvalue weighted by atomic mass is 10.1. The lowest BCUT2D eigenvalue weighted by Crippen LogP contribution is -2.24.